The summed E-state index contributed by atoms with van der Waals surface area (Å²) in [7, 11) is 1.68. The van der Waals surface area contributed by atoms with Crippen LogP contribution in [0.3, 0.4) is 0 Å². The lowest BCUT2D eigenvalue weighted by atomic mass is 10.1. The Bertz CT molecular complexity index is 904. The number of methoxy groups -OCH3 is 1. The van der Waals surface area contributed by atoms with Crippen molar-refractivity contribution in [1.29, 1.82) is 0 Å². The summed E-state index contributed by atoms with van der Waals surface area (Å²) in [5.41, 5.74) is 4.75. The summed E-state index contributed by atoms with van der Waals surface area (Å²) in [5.74, 6) is 0.777. The lowest BCUT2D eigenvalue weighted by Crippen LogP contribution is -2.12. The highest BCUT2D eigenvalue weighted by atomic mass is 16.5. The van der Waals surface area contributed by atoms with E-state index in [9.17, 15) is 4.79 Å². The first-order valence-electron chi connectivity index (χ1n) is 8.99. The van der Waals surface area contributed by atoms with Gasteiger partial charge in [0.1, 0.15) is 5.75 Å². The van der Waals surface area contributed by atoms with Gasteiger partial charge in [-0.25, -0.2) is 0 Å². The number of hydrogen-bond donors (Lipinski definition) is 2. The van der Waals surface area contributed by atoms with Crippen LogP contribution in [0.4, 0.5) is 11.4 Å². The van der Waals surface area contributed by atoms with Crippen LogP contribution in [0.2, 0.25) is 0 Å². The number of nitrogens with one attached hydrogen (secondary N) is 2. The number of rotatable bonds is 7. The zero-order valence-corrected chi connectivity index (χ0v) is 15.7. The molecule has 4 heteroatoms. The molecule has 0 radical (unpaired) electrons. The fraction of sp³-hybridized carbons (Fsp3) is 0.174. The molecule has 0 spiro atoms. The third kappa shape index (κ3) is 5.35. The minimum absolute atomic E-state index is 0.0996. The Kier molecular flexibility index (Phi) is 6.10. The van der Waals surface area contributed by atoms with Gasteiger partial charge in [0.15, 0.2) is 0 Å². The number of anilines is 2. The van der Waals surface area contributed by atoms with Crippen LogP contribution in [0.1, 0.15) is 21.5 Å². The van der Waals surface area contributed by atoms with E-state index in [0.29, 0.717) is 5.56 Å². The van der Waals surface area contributed by atoms with Gasteiger partial charge in [0.05, 0.1) is 7.11 Å². The molecule has 0 heterocycles. The van der Waals surface area contributed by atoms with Crippen LogP contribution in [-0.2, 0) is 6.42 Å². The monoisotopic (exact) mass is 360 g/mol. The van der Waals surface area contributed by atoms with E-state index in [2.05, 4.69) is 16.7 Å². The molecule has 3 aromatic carbocycles. The van der Waals surface area contributed by atoms with Gasteiger partial charge in [-0.2, -0.15) is 0 Å². The second-order valence-electron chi connectivity index (χ2n) is 6.43. The molecule has 3 aromatic rings. The van der Waals surface area contributed by atoms with Crippen molar-refractivity contribution in [2.45, 2.75) is 13.3 Å². The minimum Gasteiger partial charge on any atom is -0.497 e. The van der Waals surface area contributed by atoms with Gasteiger partial charge in [-0.15, -0.1) is 0 Å². The van der Waals surface area contributed by atoms with E-state index in [4.69, 9.17) is 4.74 Å². The molecule has 1 amide bonds. The molecule has 4 nitrogen and oxygen atoms in total. The van der Waals surface area contributed by atoms with Crippen molar-refractivity contribution in [3.63, 3.8) is 0 Å². The summed E-state index contributed by atoms with van der Waals surface area (Å²) in [5, 5.41) is 6.32. The Morgan fingerprint density at radius 2 is 1.67 bits per heavy atom. The topological polar surface area (TPSA) is 50.4 Å². The molecule has 0 unspecified atom stereocenters. The zero-order chi connectivity index (χ0) is 19.1. The summed E-state index contributed by atoms with van der Waals surface area (Å²) < 4.78 is 5.25. The molecule has 3 rings (SSSR count). The fourth-order valence-corrected chi connectivity index (χ4v) is 2.84. The average molecular weight is 360 g/mol. The van der Waals surface area contributed by atoms with E-state index < -0.39 is 0 Å². The molecule has 0 fully saturated rings. The maximum atomic E-state index is 12.3. The van der Waals surface area contributed by atoms with Crippen molar-refractivity contribution in [1.82, 2.24) is 0 Å². The normalized spacial score (nSPS) is 10.3. The molecule has 0 bridgehead atoms. The highest BCUT2D eigenvalue weighted by Gasteiger charge is 2.06. The van der Waals surface area contributed by atoms with E-state index in [-0.39, 0.29) is 5.91 Å². The van der Waals surface area contributed by atoms with Gasteiger partial charge >= 0.3 is 0 Å². The van der Waals surface area contributed by atoms with E-state index in [0.717, 1.165) is 35.7 Å². The van der Waals surface area contributed by atoms with E-state index >= 15 is 0 Å². The van der Waals surface area contributed by atoms with Gasteiger partial charge in [-0.1, -0.05) is 29.8 Å². The molecule has 138 valence electrons. The highest BCUT2D eigenvalue weighted by molar-refractivity contribution is 6.04. The Hall–Kier alpha value is -3.27. The summed E-state index contributed by atoms with van der Waals surface area (Å²) in [6.07, 6.45) is 0.906. The van der Waals surface area contributed by atoms with E-state index in [1.54, 1.807) is 7.11 Å². The summed E-state index contributed by atoms with van der Waals surface area (Å²) in [6, 6.07) is 23.4. The van der Waals surface area contributed by atoms with Gasteiger partial charge in [0, 0.05) is 23.5 Å². The van der Waals surface area contributed by atoms with Gasteiger partial charge in [0.25, 0.3) is 5.91 Å². The molecule has 27 heavy (non-hydrogen) atoms. The second kappa shape index (κ2) is 8.90. The number of carbonyl (C=O) groups excluding carboxylic acids is 1. The summed E-state index contributed by atoms with van der Waals surface area (Å²) in [6.45, 7) is 2.80. The number of ether oxygens (including phenoxy) is 1. The number of carbonyl (C=O) groups is 1. The number of benzene rings is 3. The van der Waals surface area contributed by atoms with Crippen LogP contribution in [0.15, 0.2) is 72.8 Å². The Balaban J connectivity index is 1.51. The molecule has 2 N–H and O–H groups in total. The van der Waals surface area contributed by atoms with Crippen molar-refractivity contribution in [3.05, 3.63) is 89.5 Å². The Labute approximate surface area is 160 Å². The molecule has 0 saturated carbocycles. The fourth-order valence-electron chi connectivity index (χ4n) is 2.84. The SMILES string of the molecule is COc1cccc(CCNc2ccc(NC(=O)c3cccc(C)c3)cc2)c1. The van der Waals surface area contributed by atoms with Gasteiger partial charge in [-0.05, 0) is 67.4 Å². The first-order chi connectivity index (χ1) is 13.1. The van der Waals surface area contributed by atoms with E-state index in [1.165, 1.54) is 5.56 Å². The zero-order valence-electron chi connectivity index (χ0n) is 15.7. The second-order valence-corrected chi connectivity index (χ2v) is 6.43. The maximum absolute atomic E-state index is 12.3. The van der Waals surface area contributed by atoms with Crippen LogP contribution in [-0.4, -0.2) is 19.6 Å². The third-order valence-electron chi connectivity index (χ3n) is 4.30. The quantitative estimate of drug-likeness (QED) is 0.629. The number of aryl methyl sites for hydroxylation is 1. The maximum Gasteiger partial charge on any atom is 0.255 e. The Morgan fingerprint density at radius 1 is 0.926 bits per heavy atom. The molecule has 0 saturated heterocycles. The predicted octanol–water partition coefficient (Wildman–Crippen LogP) is 4.91. The van der Waals surface area contributed by atoms with Crippen molar-refractivity contribution in [2.75, 3.05) is 24.3 Å². The predicted molar refractivity (Wildman–Crippen MR) is 111 cm³/mol. The van der Waals surface area contributed by atoms with Crippen LogP contribution >= 0.6 is 0 Å². The smallest absolute Gasteiger partial charge is 0.255 e. The van der Waals surface area contributed by atoms with Crippen molar-refractivity contribution in [2.24, 2.45) is 0 Å². The largest absolute Gasteiger partial charge is 0.497 e. The standard InChI is InChI=1S/C23H24N2O2/c1-17-5-3-7-19(15-17)23(26)25-21-11-9-20(10-12-21)24-14-13-18-6-4-8-22(16-18)27-2/h3-12,15-16,24H,13-14H2,1-2H3,(H,25,26). The lowest BCUT2D eigenvalue weighted by Gasteiger charge is -2.10. The minimum atomic E-state index is -0.0996. The van der Waals surface area contributed by atoms with Crippen LogP contribution < -0.4 is 15.4 Å². The number of amides is 1. The van der Waals surface area contributed by atoms with Crippen LogP contribution in [0, 0.1) is 6.92 Å². The molecular formula is C23H24N2O2. The number of hydrogen-bond acceptors (Lipinski definition) is 3. The Morgan fingerprint density at radius 3 is 2.41 bits per heavy atom. The van der Waals surface area contributed by atoms with E-state index in [1.807, 2.05) is 73.7 Å². The molecule has 0 aliphatic carbocycles. The van der Waals surface area contributed by atoms with Crippen molar-refractivity contribution < 1.29 is 9.53 Å². The van der Waals surface area contributed by atoms with Crippen LogP contribution in [0.5, 0.6) is 5.75 Å². The van der Waals surface area contributed by atoms with Crippen LogP contribution in [0.25, 0.3) is 0 Å². The lowest BCUT2D eigenvalue weighted by molar-refractivity contribution is 0.102. The molecule has 0 aliphatic heterocycles. The van der Waals surface area contributed by atoms with Crippen molar-refractivity contribution in [3.8, 4) is 5.75 Å². The molecule has 0 aliphatic rings. The average Bonchev–Trinajstić information content (AvgIpc) is 2.69. The van der Waals surface area contributed by atoms with Gasteiger partial charge in [0.2, 0.25) is 0 Å². The highest BCUT2D eigenvalue weighted by Crippen LogP contribution is 2.16. The molecule has 0 atom stereocenters. The van der Waals surface area contributed by atoms with Gasteiger partial charge < -0.3 is 15.4 Å². The molecular weight excluding hydrogens is 336 g/mol. The first kappa shape index (κ1) is 18.5. The molecule has 0 aromatic heterocycles. The first-order valence-corrected chi connectivity index (χ1v) is 8.99. The third-order valence-corrected chi connectivity index (χ3v) is 4.30. The van der Waals surface area contributed by atoms with Crippen molar-refractivity contribution >= 4 is 17.3 Å². The summed E-state index contributed by atoms with van der Waals surface area (Å²) in [4.78, 5) is 12.3. The summed E-state index contributed by atoms with van der Waals surface area (Å²) >= 11 is 0. The van der Waals surface area contributed by atoms with Gasteiger partial charge in [-0.3, -0.25) is 4.79 Å².